The van der Waals surface area contributed by atoms with Gasteiger partial charge in [0.25, 0.3) is 5.91 Å². The number of carbonyl (C=O) groups is 2. The van der Waals surface area contributed by atoms with Crippen LogP contribution in [0.4, 0.5) is 0 Å². The molecule has 0 N–H and O–H groups in total. The van der Waals surface area contributed by atoms with E-state index in [0.29, 0.717) is 12.3 Å². The Morgan fingerprint density at radius 2 is 1.74 bits per heavy atom. The van der Waals surface area contributed by atoms with E-state index in [1.165, 1.54) is 25.7 Å². The average Bonchev–Trinajstić information content (AvgIpc) is 3.37. The summed E-state index contributed by atoms with van der Waals surface area (Å²) in [6.45, 7) is 2.36. The molecule has 0 atom stereocenters. The van der Waals surface area contributed by atoms with Crippen molar-refractivity contribution < 1.29 is 9.59 Å². The topological polar surface area (TPSA) is 40.6 Å². The van der Waals surface area contributed by atoms with Crippen molar-refractivity contribution in [2.75, 3.05) is 25.4 Å². The second kappa shape index (κ2) is 8.26. The Bertz CT molecular complexity index is 664. The van der Waals surface area contributed by atoms with Crippen LogP contribution in [0.2, 0.25) is 0 Å². The zero-order valence-electron chi connectivity index (χ0n) is 16.1. The van der Waals surface area contributed by atoms with Crippen molar-refractivity contribution >= 4 is 23.6 Å². The summed E-state index contributed by atoms with van der Waals surface area (Å²) >= 11 is 1.94. The lowest BCUT2D eigenvalue weighted by molar-refractivity contribution is -0.135. The Labute approximate surface area is 166 Å². The van der Waals surface area contributed by atoms with Crippen LogP contribution in [0.3, 0.4) is 0 Å². The molecule has 4 nitrogen and oxygen atoms in total. The van der Waals surface area contributed by atoms with Crippen molar-refractivity contribution in [2.45, 2.75) is 56.2 Å². The van der Waals surface area contributed by atoms with Crippen LogP contribution in [0.5, 0.6) is 0 Å². The van der Waals surface area contributed by atoms with E-state index in [4.69, 9.17) is 0 Å². The lowest BCUT2D eigenvalue weighted by Crippen LogP contribution is -2.53. The van der Waals surface area contributed by atoms with Gasteiger partial charge in [-0.2, -0.15) is 0 Å². The van der Waals surface area contributed by atoms with E-state index in [-0.39, 0.29) is 10.8 Å². The number of nitrogens with zero attached hydrogens (tertiary/aromatic N) is 2. The third kappa shape index (κ3) is 4.03. The monoisotopic (exact) mass is 386 g/mol. The molecule has 0 aromatic heterocycles. The Morgan fingerprint density at radius 3 is 2.44 bits per heavy atom. The second-order valence-corrected chi connectivity index (χ2v) is 9.64. The molecule has 2 saturated heterocycles. The zero-order valence-corrected chi connectivity index (χ0v) is 16.9. The Hall–Kier alpha value is -1.49. The molecule has 3 aliphatic rings. The number of likely N-dealkylation sites (tertiary alicyclic amines) is 1. The Kier molecular flexibility index (Phi) is 5.76. The molecule has 1 aliphatic carbocycles. The number of amides is 2. The van der Waals surface area contributed by atoms with Gasteiger partial charge in [0.2, 0.25) is 5.91 Å². The largest absolute Gasteiger partial charge is 0.338 e. The third-order valence-corrected chi connectivity index (χ3v) is 8.13. The number of piperidine rings is 1. The van der Waals surface area contributed by atoms with E-state index in [0.717, 1.165) is 56.1 Å². The van der Waals surface area contributed by atoms with Gasteiger partial charge in [0.1, 0.15) is 0 Å². The summed E-state index contributed by atoms with van der Waals surface area (Å²) in [4.78, 5) is 29.7. The Morgan fingerprint density at radius 1 is 1.04 bits per heavy atom. The molecule has 27 heavy (non-hydrogen) atoms. The molecule has 2 amide bonds. The molecule has 5 heteroatoms. The molecule has 1 aromatic rings. The van der Waals surface area contributed by atoms with Crippen molar-refractivity contribution in [1.29, 1.82) is 0 Å². The first-order valence-electron chi connectivity index (χ1n) is 10.5. The normalized spacial score (nSPS) is 22.5. The molecule has 0 unspecified atom stereocenters. The molecule has 0 bridgehead atoms. The molecule has 1 spiro atoms. The van der Waals surface area contributed by atoms with Crippen LogP contribution < -0.4 is 0 Å². The fraction of sp³-hybridized carbons (Fsp3) is 0.636. The lowest BCUT2D eigenvalue weighted by Gasteiger charge is -2.44. The van der Waals surface area contributed by atoms with Crippen LogP contribution in [0.15, 0.2) is 30.3 Å². The minimum absolute atomic E-state index is 0.0692. The van der Waals surface area contributed by atoms with Crippen LogP contribution in [-0.2, 0) is 4.79 Å². The molecule has 3 fully saturated rings. The van der Waals surface area contributed by atoms with E-state index >= 15 is 0 Å². The van der Waals surface area contributed by atoms with Gasteiger partial charge in [-0.05, 0) is 37.3 Å². The number of rotatable bonds is 4. The van der Waals surface area contributed by atoms with Gasteiger partial charge in [-0.1, -0.05) is 43.9 Å². The summed E-state index contributed by atoms with van der Waals surface area (Å²) < 4.78 is 0. The number of carbonyl (C=O) groups excluding carboxylic acids is 2. The first-order valence-corrected chi connectivity index (χ1v) is 11.5. The standard InChI is InChI=1S/C22H30N2O2S/c25-20(11-10-18-6-4-5-7-18)24-16-17-27-22(24)12-14-23(15-13-22)21(26)19-8-2-1-3-9-19/h1-3,8-9,18H,4-7,10-17H2. The maximum Gasteiger partial charge on any atom is 0.253 e. The van der Waals surface area contributed by atoms with E-state index in [1.54, 1.807) is 0 Å². The second-order valence-electron chi connectivity index (χ2n) is 8.19. The summed E-state index contributed by atoms with van der Waals surface area (Å²) in [7, 11) is 0. The maximum absolute atomic E-state index is 12.9. The first kappa shape index (κ1) is 18.9. The van der Waals surface area contributed by atoms with Crippen LogP contribution in [0.1, 0.15) is 61.7 Å². The van der Waals surface area contributed by atoms with Crippen LogP contribution in [0.25, 0.3) is 0 Å². The van der Waals surface area contributed by atoms with Crippen LogP contribution >= 0.6 is 11.8 Å². The fourth-order valence-corrected chi connectivity index (χ4v) is 6.43. The number of hydrogen-bond donors (Lipinski definition) is 0. The minimum atomic E-state index is -0.0692. The van der Waals surface area contributed by atoms with Crippen molar-refractivity contribution in [3.63, 3.8) is 0 Å². The molecular weight excluding hydrogens is 356 g/mol. The van der Waals surface area contributed by atoms with E-state index in [9.17, 15) is 9.59 Å². The molecule has 2 aliphatic heterocycles. The van der Waals surface area contributed by atoms with Gasteiger partial charge in [0.15, 0.2) is 0 Å². The summed E-state index contributed by atoms with van der Waals surface area (Å²) in [5, 5.41) is 0. The van der Waals surface area contributed by atoms with Gasteiger partial charge in [-0.3, -0.25) is 9.59 Å². The SMILES string of the molecule is O=C(c1ccccc1)N1CCC2(CC1)SCCN2C(=O)CCC1CCCC1. The number of benzene rings is 1. The van der Waals surface area contributed by atoms with E-state index in [2.05, 4.69) is 4.90 Å². The number of hydrogen-bond acceptors (Lipinski definition) is 3. The van der Waals surface area contributed by atoms with Crippen LogP contribution in [-0.4, -0.2) is 51.9 Å². The van der Waals surface area contributed by atoms with Gasteiger partial charge in [-0.15, -0.1) is 11.8 Å². The van der Waals surface area contributed by atoms with Gasteiger partial charge >= 0.3 is 0 Å². The van der Waals surface area contributed by atoms with Gasteiger partial charge < -0.3 is 9.80 Å². The highest BCUT2D eigenvalue weighted by Crippen LogP contribution is 2.44. The maximum atomic E-state index is 12.9. The molecule has 1 saturated carbocycles. The highest BCUT2D eigenvalue weighted by atomic mass is 32.2. The summed E-state index contributed by atoms with van der Waals surface area (Å²) in [6.07, 6.45) is 8.86. The molecule has 0 radical (unpaired) electrons. The average molecular weight is 387 g/mol. The summed E-state index contributed by atoms with van der Waals surface area (Å²) in [5.41, 5.74) is 0.761. The highest BCUT2D eigenvalue weighted by Gasteiger charge is 2.46. The van der Waals surface area contributed by atoms with Crippen molar-refractivity contribution in [3.8, 4) is 0 Å². The van der Waals surface area contributed by atoms with Gasteiger partial charge in [-0.25, -0.2) is 0 Å². The minimum Gasteiger partial charge on any atom is -0.338 e. The molecular formula is C22H30N2O2S. The Balaban J connectivity index is 1.34. The summed E-state index contributed by atoms with van der Waals surface area (Å²) in [5.74, 6) is 2.26. The zero-order chi connectivity index (χ0) is 18.7. The predicted octanol–water partition coefficient (Wildman–Crippen LogP) is 4.16. The van der Waals surface area contributed by atoms with Crippen LogP contribution in [0, 0.1) is 5.92 Å². The first-order chi connectivity index (χ1) is 13.2. The summed E-state index contributed by atoms with van der Waals surface area (Å²) in [6, 6.07) is 9.53. The highest BCUT2D eigenvalue weighted by molar-refractivity contribution is 8.00. The van der Waals surface area contributed by atoms with E-state index < -0.39 is 0 Å². The fourth-order valence-electron chi connectivity index (χ4n) is 4.96. The lowest BCUT2D eigenvalue weighted by atomic mass is 9.98. The molecule has 1 aromatic carbocycles. The van der Waals surface area contributed by atoms with Crippen molar-refractivity contribution in [3.05, 3.63) is 35.9 Å². The number of thioether (sulfide) groups is 1. The molecule has 4 rings (SSSR count). The predicted molar refractivity (Wildman–Crippen MR) is 110 cm³/mol. The third-order valence-electron chi connectivity index (χ3n) is 6.57. The molecule has 2 heterocycles. The van der Waals surface area contributed by atoms with Crippen molar-refractivity contribution in [2.24, 2.45) is 5.92 Å². The quantitative estimate of drug-likeness (QED) is 0.780. The van der Waals surface area contributed by atoms with Crippen molar-refractivity contribution in [1.82, 2.24) is 9.80 Å². The van der Waals surface area contributed by atoms with Gasteiger partial charge in [0.05, 0.1) is 4.87 Å². The smallest absolute Gasteiger partial charge is 0.253 e. The van der Waals surface area contributed by atoms with Gasteiger partial charge in [0, 0.05) is 37.4 Å². The van der Waals surface area contributed by atoms with E-state index in [1.807, 2.05) is 47.0 Å². The molecule has 146 valence electrons.